The maximum Gasteiger partial charge on any atom is 0.257 e. The van der Waals surface area contributed by atoms with Gasteiger partial charge < -0.3 is 20.1 Å². The van der Waals surface area contributed by atoms with Gasteiger partial charge in [0.05, 0.1) is 36.2 Å². The molecule has 3 aromatic rings. The molecule has 0 aliphatic carbocycles. The highest BCUT2D eigenvalue weighted by atomic mass is 35.5. The van der Waals surface area contributed by atoms with Crippen molar-refractivity contribution in [3.8, 4) is 11.5 Å². The summed E-state index contributed by atoms with van der Waals surface area (Å²) in [4.78, 5) is 25.6. The minimum Gasteiger partial charge on any atom is -0.497 e. The van der Waals surface area contributed by atoms with Crippen LogP contribution in [0, 0.1) is 0 Å². The summed E-state index contributed by atoms with van der Waals surface area (Å²) < 4.78 is 10.5. The molecule has 0 bridgehead atoms. The van der Waals surface area contributed by atoms with Crippen molar-refractivity contribution in [2.24, 2.45) is 0 Å². The molecule has 0 saturated carbocycles. The van der Waals surface area contributed by atoms with Gasteiger partial charge in [0.15, 0.2) is 0 Å². The first-order chi connectivity index (χ1) is 15.4. The lowest BCUT2D eigenvalue weighted by atomic mass is 10.2. The van der Waals surface area contributed by atoms with Crippen LogP contribution < -0.4 is 20.1 Å². The van der Waals surface area contributed by atoms with Gasteiger partial charge in [-0.1, -0.05) is 23.2 Å². The summed E-state index contributed by atoms with van der Waals surface area (Å²) in [5.74, 6) is 0.846. The zero-order valence-corrected chi connectivity index (χ0v) is 19.6. The molecule has 0 radical (unpaired) electrons. The smallest absolute Gasteiger partial charge is 0.257 e. The molecule has 0 fully saturated rings. The first-order valence-corrected chi connectivity index (χ1v) is 11.1. The van der Waals surface area contributed by atoms with Crippen molar-refractivity contribution < 1.29 is 19.1 Å². The quantitative estimate of drug-likeness (QED) is 0.379. The second-order valence-corrected chi connectivity index (χ2v) is 8.40. The van der Waals surface area contributed by atoms with Gasteiger partial charge in [-0.05, 0) is 54.6 Å². The predicted octanol–water partition coefficient (Wildman–Crippen LogP) is 5.99. The molecule has 9 heteroatoms. The number of hydrogen-bond acceptors (Lipinski definition) is 5. The monoisotopic (exact) mass is 490 g/mol. The van der Waals surface area contributed by atoms with Crippen LogP contribution in [0.4, 0.5) is 11.4 Å². The summed E-state index contributed by atoms with van der Waals surface area (Å²) in [5.41, 5.74) is 1.48. The SMILES string of the molecule is COc1ccc(OC)c(NC(=O)CSc2ccc(NC(=O)c3ccc(Cl)cc3Cl)cc2)c1. The number of benzene rings is 3. The van der Waals surface area contributed by atoms with E-state index in [1.165, 1.54) is 24.9 Å². The molecule has 0 aromatic heterocycles. The number of methoxy groups -OCH3 is 2. The molecular weight excluding hydrogens is 471 g/mol. The van der Waals surface area contributed by atoms with E-state index in [0.717, 1.165) is 4.90 Å². The largest absolute Gasteiger partial charge is 0.497 e. The van der Waals surface area contributed by atoms with E-state index in [-0.39, 0.29) is 22.6 Å². The van der Waals surface area contributed by atoms with Crippen molar-refractivity contribution in [3.05, 3.63) is 76.3 Å². The first kappa shape index (κ1) is 23.8. The molecule has 6 nitrogen and oxygen atoms in total. The molecule has 0 aliphatic heterocycles. The van der Waals surface area contributed by atoms with Crippen LogP contribution in [0.5, 0.6) is 11.5 Å². The summed E-state index contributed by atoms with van der Waals surface area (Å²) in [6.45, 7) is 0. The Bertz CT molecular complexity index is 1120. The number of ether oxygens (including phenoxy) is 2. The first-order valence-electron chi connectivity index (χ1n) is 9.40. The van der Waals surface area contributed by atoms with Crippen LogP contribution in [-0.2, 0) is 4.79 Å². The third kappa shape index (κ3) is 6.32. The second kappa shape index (κ2) is 11.1. The van der Waals surface area contributed by atoms with Crippen LogP contribution in [-0.4, -0.2) is 31.8 Å². The maximum atomic E-state index is 12.4. The molecule has 0 saturated heterocycles. The van der Waals surface area contributed by atoms with Gasteiger partial charge in [-0.3, -0.25) is 9.59 Å². The molecule has 166 valence electrons. The van der Waals surface area contributed by atoms with Gasteiger partial charge in [0.2, 0.25) is 5.91 Å². The number of hydrogen-bond donors (Lipinski definition) is 2. The zero-order valence-electron chi connectivity index (χ0n) is 17.3. The Morgan fingerprint density at radius 3 is 2.31 bits per heavy atom. The Balaban J connectivity index is 1.56. The Morgan fingerprint density at radius 2 is 1.66 bits per heavy atom. The van der Waals surface area contributed by atoms with E-state index >= 15 is 0 Å². The fraction of sp³-hybridized carbons (Fsp3) is 0.130. The number of anilines is 2. The fourth-order valence-corrected chi connectivity index (χ4v) is 3.95. The summed E-state index contributed by atoms with van der Waals surface area (Å²) in [7, 11) is 3.09. The minimum absolute atomic E-state index is 0.184. The van der Waals surface area contributed by atoms with Gasteiger partial charge in [-0.25, -0.2) is 0 Å². The van der Waals surface area contributed by atoms with Crippen molar-refractivity contribution in [1.29, 1.82) is 0 Å². The molecule has 3 rings (SSSR count). The fourth-order valence-electron chi connectivity index (χ4n) is 2.75. The van der Waals surface area contributed by atoms with E-state index < -0.39 is 0 Å². The third-order valence-corrected chi connectivity index (χ3v) is 5.90. The van der Waals surface area contributed by atoms with Crippen molar-refractivity contribution >= 4 is 58.2 Å². The van der Waals surface area contributed by atoms with Crippen LogP contribution in [0.3, 0.4) is 0 Å². The highest BCUT2D eigenvalue weighted by molar-refractivity contribution is 8.00. The van der Waals surface area contributed by atoms with Crippen molar-refractivity contribution in [1.82, 2.24) is 0 Å². The Kier molecular flexibility index (Phi) is 8.27. The molecule has 0 aliphatic rings. The van der Waals surface area contributed by atoms with Crippen molar-refractivity contribution in [2.75, 3.05) is 30.6 Å². The van der Waals surface area contributed by atoms with Crippen molar-refractivity contribution in [3.63, 3.8) is 0 Å². The lowest BCUT2D eigenvalue weighted by Crippen LogP contribution is -2.14. The molecule has 0 heterocycles. The standard InChI is InChI=1S/C23H20Cl2N2O4S/c1-30-16-6-10-21(31-2)20(12-16)27-22(28)13-32-17-7-4-15(5-8-17)26-23(29)18-9-3-14(24)11-19(18)25/h3-12H,13H2,1-2H3,(H,26,29)(H,27,28). The van der Waals surface area contributed by atoms with Crippen LogP contribution in [0.1, 0.15) is 10.4 Å². The van der Waals surface area contributed by atoms with E-state index in [4.69, 9.17) is 32.7 Å². The number of thioether (sulfide) groups is 1. The zero-order chi connectivity index (χ0) is 23.1. The van der Waals surface area contributed by atoms with Gasteiger partial charge in [-0.15, -0.1) is 11.8 Å². The van der Waals surface area contributed by atoms with Crippen LogP contribution in [0.15, 0.2) is 65.6 Å². The van der Waals surface area contributed by atoms with Gasteiger partial charge >= 0.3 is 0 Å². The number of nitrogens with one attached hydrogen (secondary N) is 2. The van der Waals surface area contributed by atoms with Gasteiger partial charge in [0.25, 0.3) is 5.91 Å². The van der Waals surface area contributed by atoms with E-state index in [9.17, 15) is 9.59 Å². The van der Waals surface area contributed by atoms with Crippen LogP contribution >= 0.6 is 35.0 Å². The Labute approximate surface area is 200 Å². The van der Waals surface area contributed by atoms with Crippen LogP contribution in [0.25, 0.3) is 0 Å². The topological polar surface area (TPSA) is 76.7 Å². The van der Waals surface area contributed by atoms with E-state index in [1.54, 1.807) is 49.6 Å². The number of carbonyl (C=O) groups is 2. The van der Waals surface area contributed by atoms with Crippen LogP contribution in [0.2, 0.25) is 10.0 Å². The Hall–Kier alpha value is -2.87. The average molecular weight is 491 g/mol. The second-order valence-electron chi connectivity index (χ2n) is 6.51. The number of halogens is 2. The average Bonchev–Trinajstić information content (AvgIpc) is 2.78. The highest BCUT2D eigenvalue weighted by Gasteiger charge is 2.12. The summed E-state index contributed by atoms with van der Waals surface area (Å²) >= 11 is 13.3. The summed E-state index contributed by atoms with van der Waals surface area (Å²) in [6, 6.07) is 17.0. The van der Waals surface area contributed by atoms with E-state index in [0.29, 0.717) is 33.5 Å². The molecule has 32 heavy (non-hydrogen) atoms. The van der Waals surface area contributed by atoms with E-state index in [1.807, 2.05) is 12.1 Å². The molecule has 2 N–H and O–H groups in total. The summed E-state index contributed by atoms with van der Waals surface area (Å²) in [5, 5.41) is 6.35. The minimum atomic E-state index is -0.335. The molecule has 3 aromatic carbocycles. The molecule has 2 amide bonds. The summed E-state index contributed by atoms with van der Waals surface area (Å²) in [6.07, 6.45) is 0. The maximum absolute atomic E-state index is 12.4. The molecular formula is C23H20Cl2N2O4S. The molecule has 0 unspecified atom stereocenters. The normalized spacial score (nSPS) is 10.4. The number of rotatable bonds is 8. The van der Waals surface area contributed by atoms with Gasteiger partial charge in [-0.2, -0.15) is 0 Å². The van der Waals surface area contributed by atoms with Gasteiger partial charge in [0.1, 0.15) is 11.5 Å². The molecule has 0 atom stereocenters. The lowest BCUT2D eigenvalue weighted by molar-refractivity contribution is -0.113. The Morgan fingerprint density at radius 1 is 0.906 bits per heavy atom. The predicted molar refractivity (Wildman–Crippen MR) is 130 cm³/mol. The van der Waals surface area contributed by atoms with Gasteiger partial charge in [0, 0.05) is 21.7 Å². The highest BCUT2D eigenvalue weighted by Crippen LogP contribution is 2.29. The van der Waals surface area contributed by atoms with E-state index in [2.05, 4.69) is 10.6 Å². The number of carbonyl (C=O) groups excluding carboxylic acids is 2. The lowest BCUT2D eigenvalue weighted by Gasteiger charge is -2.12. The third-order valence-electron chi connectivity index (χ3n) is 4.34. The molecule has 0 spiro atoms. The number of amides is 2. The van der Waals surface area contributed by atoms with Crippen molar-refractivity contribution in [2.45, 2.75) is 4.90 Å².